The third kappa shape index (κ3) is 2.01. The average Bonchev–Trinajstić information content (AvgIpc) is 2.91. The van der Waals surface area contributed by atoms with Crippen LogP contribution in [0.15, 0.2) is 35.8 Å². The normalized spacial score (nSPS) is 20.9. The highest BCUT2D eigenvalue weighted by Crippen LogP contribution is 2.38. The van der Waals surface area contributed by atoms with Crippen LogP contribution < -0.4 is 5.73 Å². The molecule has 1 aliphatic rings. The standard InChI is InChI=1S/C14H16N2S/c15-13(12-7-3-9-17-12)11-6-1-4-10-5-2-8-16-14(10)11/h2-3,5,7-9,11,13H,1,4,6,15H2. The van der Waals surface area contributed by atoms with Crippen LogP contribution in [-0.2, 0) is 6.42 Å². The first-order valence-corrected chi connectivity index (χ1v) is 6.97. The second kappa shape index (κ2) is 4.59. The molecule has 0 saturated heterocycles. The van der Waals surface area contributed by atoms with E-state index in [2.05, 4.69) is 28.6 Å². The molecule has 1 aliphatic carbocycles. The molecule has 0 radical (unpaired) electrons. The Bertz CT molecular complexity index is 493. The van der Waals surface area contributed by atoms with Crippen molar-refractivity contribution < 1.29 is 0 Å². The number of aromatic nitrogens is 1. The van der Waals surface area contributed by atoms with Crippen LogP contribution in [0.4, 0.5) is 0 Å². The van der Waals surface area contributed by atoms with Gasteiger partial charge in [0, 0.05) is 28.7 Å². The third-order valence-electron chi connectivity index (χ3n) is 3.54. The van der Waals surface area contributed by atoms with Gasteiger partial charge in [0.1, 0.15) is 0 Å². The topological polar surface area (TPSA) is 38.9 Å². The summed E-state index contributed by atoms with van der Waals surface area (Å²) in [6.45, 7) is 0. The van der Waals surface area contributed by atoms with E-state index in [1.54, 1.807) is 11.3 Å². The molecule has 3 heteroatoms. The molecule has 0 saturated carbocycles. The molecular formula is C14H16N2S. The molecule has 0 spiro atoms. The van der Waals surface area contributed by atoms with Crippen molar-refractivity contribution >= 4 is 11.3 Å². The van der Waals surface area contributed by atoms with Crippen LogP contribution >= 0.6 is 11.3 Å². The molecular weight excluding hydrogens is 228 g/mol. The maximum atomic E-state index is 6.40. The van der Waals surface area contributed by atoms with Gasteiger partial charge in [0.25, 0.3) is 0 Å². The summed E-state index contributed by atoms with van der Waals surface area (Å²) in [5.74, 6) is 0.388. The molecule has 0 aliphatic heterocycles. The monoisotopic (exact) mass is 244 g/mol. The van der Waals surface area contributed by atoms with E-state index in [-0.39, 0.29) is 6.04 Å². The summed E-state index contributed by atoms with van der Waals surface area (Å²) in [6, 6.07) is 8.52. The van der Waals surface area contributed by atoms with E-state index in [9.17, 15) is 0 Å². The fraction of sp³-hybridized carbons (Fsp3) is 0.357. The average molecular weight is 244 g/mol. The van der Waals surface area contributed by atoms with Crippen molar-refractivity contribution in [1.29, 1.82) is 0 Å². The maximum absolute atomic E-state index is 6.40. The molecule has 2 nitrogen and oxygen atoms in total. The molecule has 2 aromatic rings. The maximum Gasteiger partial charge on any atom is 0.0485 e. The highest BCUT2D eigenvalue weighted by Gasteiger charge is 2.28. The van der Waals surface area contributed by atoms with Gasteiger partial charge in [0.15, 0.2) is 0 Å². The SMILES string of the molecule is NC(c1cccs1)C1CCCc2cccnc21. The Balaban J connectivity index is 1.95. The van der Waals surface area contributed by atoms with Crippen LogP contribution in [0.1, 0.15) is 40.9 Å². The Morgan fingerprint density at radius 3 is 3.12 bits per heavy atom. The number of hydrogen-bond donors (Lipinski definition) is 1. The Kier molecular flexibility index (Phi) is 2.95. The number of nitrogens with two attached hydrogens (primary N) is 1. The highest BCUT2D eigenvalue weighted by molar-refractivity contribution is 7.10. The summed E-state index contributed by atoms with van der Waals surface area (Å²) in [6.07, 6.45) is 5.42. The number of aryl methyl sites for hydroxylation is 1. The van der Waals surface area contributed by atoms with Gasteiger partial charge in [-0.1, -0.05) is 12.1 Å². The summed E-state index contributed by atoms with van der Waals surface area (Å²) in [4.78, 5) is 5.83. The van der Waals surface area contributed by atoms with Gasteiger partial charge in [-0.05, 0) is 42.3 Å². The van der Waals surface area contributed by atoms with E-state index in [4.69, 9.17) is 5.73 Å². The van der Waals surface area contributed by atoms with Crippen LogP contribution in [0.5, 0.6) is 0 Å². The molecule has 2 heterocycles. The lowest BCUT2D eigenvalue weighted by Crippen LogP contribution is -2.23. The zero-order valence-electron chi connectivity index (χ0n) is 9.67. The van der Waals surface area contributed by atoms with Gasteiger partial charge in [-0.15, -0.1) is 11.3 Å². The summed E-state index contributed by atoms with van der Waals surface area (Å²) in [5.41, 5.74) is 9.01. The molecule has 0 fully saturated rings. The van der Waals surface area contributed by atoms with Crippen LogP contribution in [0.3, 0.4) is 0 Å². The number of pyridine rings is 1. The predicted molar refractivity (Wildman–Crippen MR) is 71.2 cm³/mol. The van der Waals surface area contributed by atoms with E-state index in [1.165, 1.54) is 22.6 Å². The fourth-order valence-corrected chi connectivity index (χ4v) is 3.47. The minimum absolute atomic E-state index is 0.101. The largest absolute Gasteiger partial charge is 0.323 e. The van der Waals surface area contributed by atoms with E-state index < -0.39 is 0 Å². The lowest BCUT2D eigenvalue weighted by atomic mass is 9.82. The highest BCUT2D eigenvalue weighted by atomic mass is 32.1. The molecule has 0 bridgehead atoms. The minimum Gasteiger partial charge on any atom is -0.323 e. The lowest BCUT2D eigenvalue weighted by molar-refractivity contribution is 0.467. The summed E-state index contributed by atoms with van der Waals surface area (Å²) < 4.78 is 0. The predicted octanol–water partition coefficient (Wildman–Crippen LogP) is 3.26. The molecule has 2 N–H and O–H groups in total. The lowest BCUT2D eigenvalue weighted by Gasteiger charge is -2.28. The summed E-state index contributed by atoms with van der Waals surface area (Å²) >= 11 is 1.75. The summed E-state index contributed by atoms with van der Waals surface area (Å²) in [5, 5.41) is 2.09. The zero-order valence-corrected chi connectivity index (χ0v) is 10.5. The van der Waals surface area contributed by atoms with Gasteiger partial charge in [-0.25, -0.2) is 0 Å². The van der Waals surface area contributed by atoms with Gasteiger partial charge < -0.3 is 5.73 Å². The quantitative estimate of drug-likeness (QED) is 0.880. The fourth-order valence-electron chi connectivity index (χ4n) is 2.67. The Morgan fingerprint density at radius 1 is 1.35 bits per heavy atom. The van der Waals surface area contributed by atoms with Gasteiger partial charge in [-0.3, -0.25) is 4.98 Å². The first kappa shape index (κ1) is 10.9. The van der Waals surface area contributed by atoms with Gasteiger partial charge in [0.2, 0.25) is 0 Å². The van der Waals surface area contributed by atoms with E-state index in [0.717, 1.165) is 12.8 Å². The van der Waals surface area contributed by atoms with Crippen molar-refractivity contribution in [2.75, 3.05) is 0 Å². The molecule has 2 atom stereocenters. The molecule has 0 aromatic carbocycles. The first-order valence-electron chi connectivity index (χ1n) is 6.09. The Hall–Kier alpha value is -1.19. The number of fused-ring (bicyclic) bond motifs is 1. The number of rotatable bonds is 2. The number of nitrogens with zero attached hydrogens (tertiary/aromatic N) is 1. The minimum atomic E-state index is 0.101. The number of thiophene rings is 1. The van der Waals surface area contributed by atoms with Crippen LogP contribution in [0.2, 0.25) is 0 Å². The Morgan fingerprint density at radius 2 is 2.29 bits per heavy atom. The second-order valence-electron chi connectivity index (χ2n) is 4.59. The van der Waals surface area contributed by atoms with E-state index in [1.807, 2.05) is 12.3 Å². The van der Waals surface area contributed by atoms with Gasteiger partial charge >= 0.3 is 0 Å². The van der Waals surface area contributed by atoms with E-state index >= 15 is 0 Å². The molecule has 17 heavy (non-hydrogen) atoms. The smallest absolute Gasteiger partial charge is 0.0485 e. The van der Waals surface area contributed by atoms with Crippen molar-refractivity contribution in [1.82, 2.24) is 4.98 Å². The second-order valence-corrected chi connectivity index (χ2v) is 5.57. The summed E-state index contributed by atoms with van der Waals surface area (Å²) in [7, 11) is 0. The third-order valence-corrected chi connectivity index (χ3v) is 4.52. The van der Waals surface area contributed by atoms with Gasteiger partial charge in [0.05, 0.1) is 0 Å². The molecule has 88 valence electrons. The van der Waals surface area contributed by atoms with E-state index in [0.29, 0.717) is 5.92 Å². The van der Waals surface area contributed by atoms with Crippen molar-refractivity contribution in [3.8, 4) is 0 Å². The van der Waals surface area contributed by atoms with Crippen molar-refractivity contribution in [3.63, 3.8) is 0 Å². The molecule has 2 unspecified atom stereocenters. The van der Waals surface area contributed by atoms with Crippen LogP contribution in [-0.4, -0.2) is 4.98 Å². The Labute approximate surface area is 106 Å². The zero-order chi connectivity index (χ0) is 11.7. The van der Waals surface area contributed by atoms with Crippen molar-refractivity contribution in [3.05, 3.63) is 52.0 Å². The molecule has 3 rings (SSSR count). The van der Waals surface area contributed by atoms with Gasteiger partial charge in [-0.2, -0.15) is 0 Å². The van der Waals surface area contributed by atoms with Crippen molar-refractivity contribution in [2.24, 2.45) is 5.73 Å². The number of hydrogen-bond acceptors (Lipinski definition) is 3. The van der Waals surface area contributed by atoms with Crippen LogP contribution in [0, 0.1) is 0 Å². The van der Waals surface area contributed by atoms with Crippen molar-refractivity contribution in [2.45, 2.75) is 31.2 Å². The molecule has 0 amide bonds. The van der Waals surface area contributed by atoms with Crippen LogP contribution in [0.25, 0.3) is 0 Å². The molecule has 2 aromatic heterocycles. The first-order chi connectivity index (χ1) is 8.36.